The molecule has 34 heavy (non-hydrogen) atoms. The highest BCUT2D eigenvalue weighted by atomic mass is 16.3. The van der Waals surface area contributed by atoms with Crippen molar-refractivity contribution in [3.63, 3.8) is 0 Å². The standard InChI is InChI=1S/C30H40N2O2/c1-5-6-9-24(4)29(12-8-21-33)30(26-10-7-11-28(34)22-26)25-13-15-27(16-14-25)32-19-17-31(18-20-32)23(2)3/h5-7,9-11,13-16,22-23,33-34H,8,12,17-21H2,1-4H3/b6-5-,24-9+,30-29+. The van der Waals surface area contributed by atoms with Crippen LogP contribution in [0.4, 0.5) is 5.69 Å². The number of piperazine rings is 1. The molecule has 1 fully saturated rings. The minimum Gasteiger partial charge on any atom is -0.508 e. The van der Waals surface area contributed by atoms with Crippen LogP contribution in [-0.2, 0) is 0 Å². The number of benzene rings is 2. The van der Waals surface area contributed by atoms with Gasteiger partial charge in [-0.2, -0.15) is 0 Å². The van der Waals surface area contributed by atoms with E-state index >= 15 is 0 Å². The van der Waals surface area contributed by atoms with E-state index in [2.05, 4.69) is 67.0 Å². The Balaban J connectivity index is 2.02. The van der Waals surface area contributed by atoms with Crippen LogP contribution in [-0.4, -0.2) is 53.9 Å². The number of rotatable bonds is 9. The summed E-state index contributed by atoms with van der Waals surface area (Å²) in [4.78, 5) is 4.99. The highest BCUT2D eigenvalue weighted by molar-refractivity contribution is 5.85. The molecule has 1 heterocycles. The molecule has 0 atom stereocenters. The first-order chi connectivity index (χ1) is 16.4. The first-order valence-electron chi connectivity index (χ1n) is 12.5. The van der Waals surface area contributed by atoms with Crippen molar-refractivity contribution < 1.29 is 10.2 Å². The predicted molar refractivity (Wildman–Crippen MR) is 144 cm³/mol. The van der Waals surface area contributed by atoms with Gasteiger partial charge in [0.05, 0.1) is 0 Å². The molecule has 3 rings (SSSR count). The maximum atomic E-state index is 10.2. The van der Waals surface area contributed by atoms with E-state index in [0.29, 0.717) is 12.5 Å². The van der Waals surface area contributed by atoms with Crippen molar-refractivity contribution in [2.45, 2.75) is 46.6 Å². The molecule has 2 aromatic carbocycles. The molecule has 0 bridgehead atoms. The van der Waals surface area contributed by atoms with Crippen molar-refractivity contribution in [1.29, 1.82) is 0 Å². The summed E-state index contributed by atoms with van der Waals surface area (Å²) in [7, 11) is 0. The van der Waals surface area contributed by atoms with Crippen molar-refractivity contribution in [2.24, 2.45) is 0 Å². The van der Waals surface area contributed by atoms with Gasteiger partial charge in [-0.25, -0.2) is 0 Å². The number of phenols is 1. The second-order valence-corrected chi connectivity index (χ2v) is 9.27. The van der Waals surface area contributed by atoms with Crippen LogP contribution < -0.4 is 4.90 Å². The number of aliphatic hydroxyl groups is 1. The molecule has 0 aliphatic carbocycles. The molecule has 2 aromatic rings. The molecule has 0 spiro atoms. The first-order valence-corrected chi connectivity index (χ1v) is 12.5. The molecule has 0 saturated carbocycles. The van der Waals surface area contributed by atoms with Gasteiger partial charge in [0.2, 0.25) is 0 Å². The van der Waals surface area contributed by atoms with Crippen molar-refractivity contribution in [3.05, 3.63) is 89.0 Å². The summed E-state index contributed by atoms with van der Waals surface area (Å²) in [6.07, 6.45) is 7.65. The van der Waals surface area contributed by atoms with Gasteiger partial charge in [-0.1, -0.05) is 42.5 Å². The lowest BCUT2D eigenvalue weighted by atomic mass is 9.87. The van der Waals surface area contributed by atoms with Crippen LogP contribution in [0.15, 0.2) is 77.9 Å². The van der Waals surface area contributed by atoms with Gasteiger partial charge in [-0.3, -0.25) is 4.90 Å². The molecular formula is C30H40N2O2. The summed E-state index contributed by atoms with van der Waals surface area (Å²) in [5, 5.41) is 19.8. The van der Waals surface area contributed by atoms with E-state index in [-0.39, 0.29) is 12.4 Å². The van der Waals surface area contributed by atoms with E-state index in [1.54, 1.807) is 6.07 Å². The molecular weight excluding hydrogens is 420 g/mol. The van der Waals surface area contributed by atoms with Crippen LogP contribution in [0.1, 0.15) is 51.7 Å². The quantitative estimate of drug-likeness (QED) is 0.449. The van der Waals surface area contributed by atoms with Crippen LogP contribution >= 0.6 is 0 Å². The minimum atomic E-state index is 0.148. The normalized spacial score (nSPS) is 16.4. The Kier molecular flexibility index (Phi) is 9.55. The summed E-state index contributed by atoms with van der Waals surface area (Å²) in [6, 6.07) is 16.9. The lowest BCUT2D eigenvalue weighted by Gasteiger charge is -2.38. The highest BCUT2D eigenvalue weighted by Gasteiger charge is 2.20. The lowest BCUT2D eigenvalue weighted by Crippen LogP contribution is -2.48. The molecule has 2 N–H and O–H groups in total. The van der Waals surface area contributed by atoms with E-state index in [4.69, 9.17) is 0 Å². The fraction of sp³-hybridized carbons (Fsp3) is 0.400. The fourth-order valence-electron chi connectivity index (χ4n) is 4.63. The van der Waals surface area contributed by atoms with E-state index in [1.165, 1.54) is 16.8 Å². The van der Waals surface area contributed by atoms with Gasteiger partial charge in [-0.05, 0) is 92.6 Å². The van der Waals surface area contributed by atoms with Crippen LogP contribution in [0.2, 0.25) is 0 Å². The molecule has 4 heteroatoms. The topological polar surface area (TPSA) is 46.9 Å². The number of hydrogen-bond donors (Lipinski definition) is 2. The van der Waals surface area contributed by atoms with Crippen molar-refractivity contribution >= 4 is 11.3 Å². The third-order valence-electron chi connectivity index (χ3n) is 6.60. The van der Waals surface area contributed by atoms with Gasteiger partial charge in [0, 0.05) is 44.5 Å². The summed E-state index contributed by atoms with van der Waals surface area (Å²) in [5.74, 6) is 0.256. The molecule has 1 aliphatic rings. The summed E-state index contributed by atoms with van der Waals surface area (Å²) in [6.45, 7) is 13.1. The number of phenolic OH excluding ortho intramolecular Hbond substituents is 1. The molecule has 0 unspecified atom stereocenters. The molecule has 0 amide bonds. The van der Waals surface area contributed by atoms with Crippen molar-refractivity contribution in [3.8, 4) is 5.75 Å². The summed E-state index contributed by atoms with van der Waals surface area (Å²) in [5.41, 5.74) is 6.82. The van der Waals surface area contributed by atoms with Crippen molar-refractivity contribution in [2.75, 3.05) is 37.7 Å². The molecule has 0 radical (unpaired) electrons. The third kappa shape index (κ3) is 6.62. The number of anilines is 1. The van der Waals surface area contributed by atoms with Crippen LogP contribution in [0.3, 0.4) is 0 Å². The molecule has 4 nitrogen and oxygen atoms in total. The molecule has 182 valence electrons. The highest BCUT2D eigenvalue weighted by Crippen LogP contribution is 2.35. The van der Waals surface area contributed by atoms with Gasteiger partial charge in [0.15, 0.2) is 0 Å². The summed E-state index contributed by atoms with van der Waals surface area (Å²) >= 11 is 0. The Morgan fingerprint density at radius 1 is 1.00 bits per heavy atom. The maximum Gasteiger partial charge on any atom is 0.116 e. The molecule has 0 aromatic heterocycles. The zero-order valence-corrected chi connectivity index (χ0v) is 21.2. The smallest absolute Gasteiger partial charge is 0.116 e. The zero-order chi connectivity index (χ0) is 24.5. The Morgan fingerprint density at radius 3 is 2.29 bits per heavy atom. The third-order valence-corrected chi connectivity index (χ3v) is 6.60. The van der Waals surface area contributed by atoms with Gasteiger partial charge >= 0.3 is 0 Å². The van der Waals surface area contributed by atoms with Crippen LogP contribution in [0, 0.1) is 0 Å². The average molecular weight is 461 g/mol. The Bertz CT molecular complexity index is 1010. The zero-order valence-electron chi connectivity index (χ0n) is 21.2. The second kappa shape index (κ2) is 12.6. The Labute approximate surface area is 205 Å². The van der Waals surface area contributed by atoms with E-state index < -0.39 is 0 Å². The monoisotopic (exact) mass is 460 g/mol. The van der Waals surface area contributed by atoms with Crippen LogP contribution in [0.25, 0.3) is 5.57 Å². The Morgan fingerprint density at radius 2 is 1.71 bits per heavy atom. The number of aliphatic hydroxyl groups excluding tert-OH is 1. The second-order valence-electron chi connectivity index (χ2n) is 9.27. The van der Waals surface area contributed by atoms with Gasteiger partial charge < -0.3 is 15.1 Å². The van der Waals surface area contributed by atoms with E-state index in [1.807, 2.05) is 31.2 Å². The minimum absolute atomic E-state index is 0.148. The van der Waals surface area contributed by atoms with Gasteiger partial charge in [0.1, 0.15) is 5.75 Å². The number of nitrogens with zero attached hydrogens (tertiary/aromatic N) is 2. The largest absolute Gasteiger partial charge is 0.508 e. The number of aromatic hydroxyl groups is 1. The first kappa shape index (κ1) is 25.8. The predicted octanol–water partition coefficient (Wildman–Crippen LogP) is 6.02. The van der Waals surface area contributed by atoms with E-state index in [9.17, 15) is 10.2 Å². The SMILES string of the molecule is C\C=C/C=C(C)/C(CCCO)=C(\c1ccc(N2CCN(C(C)C)CC2)cc1)c1cccc(O)c1. The molecule has 1 aliphatic heterocycles. The Hall–Kier alpha value is -2.82. The summed E-state index contributed by atoms with van der Waals surface area (Å²) < 4.78 is 0. The number of hydrogen-bond acceptors (Lipinski definition) is 4. The lowest BCUT2D eigenvalue weighted by molar-refractivity contribution is 0.209. The van der Waals surface area contributed by atoms with Crippen molar-refractivity contribution in [1.82, 2.24) is 4.90 Å². The number of allylic oxidation sites excluding steroid dienone is 5. The average Bonchev–Trinajstić information content (AvgIpc) is 2.85. The maximum absolute atomic E-state index is 10.2. The fourth-order valence-corrected chi connectivity index (χ4v) is 4.63. The van der Waals surface area contributed by atoms with Crippen LogP contribution in [0.5, 0.6) is 5.75 Å². The van der Waals surface area contributed by atoms with E-state index in [0.717, 1.165) is 49.3 Å². The van der Waals surface area contributed by atoms with Gasteiger partial charge in [-0.15, -0.1) is 0 Å². The van der Waals surface area contributed by atoms with Gasteiger partial charge in [0.25, 0.3) is 0 Å². The molecule has 1 saturated heterocycles.